The predicted octanol–water partition coefficient (Wildman–Crippen LogP) is 1.50. The second-order valence-corrected chi connectivity index (χ2v) is 8.76. The van der Waals surface area contributed by atoms with E-state index in [9.17, 15) is 9.59 Å². The van der Waals surface area contributed by atoms with E-state index in [-0.39, 0.29) is 17.4 Å². The van der Waals surface area contributed by atoms with E-state index in [2.05, 4.69) is 40.2 Å². The zero-order valence-corrected chi connectivity index (χ0v) is 17.0. The maximum Gasteiger partial charge on any atom is 0.242 e. The van der Waals surface area contributed by atoms with Gasteiger partial charge in [-0.2, -0.15) is 0 Å². The number of anilines is 1. The fraction of sp³-hybridized carbons (Fsp3) is 0.619. The molecule has 0 bridgehead atoms. The van der Waals surface area contributed by atoms with Gasteiger partial charge in [0, 0.05) is 43.4 Å². The fourth-order valence-electron chi connectivity index (χ4n) is 3.93. The Hall–Kier alpha value is -2.08. The molecule has 0 aliphatic carbocycles. The Morgan fingerprint density at radius 1 is 1.07 bits per heavy atom. The molecule has 1 unspecified atom stereocenters. The molecule has 2 heterocycles. The van der Waals surface area contributed by atoms with Gasteiger partial charge in [0.2, 0.25) is 11.8 Å². The Morgan fingerprint density at radius 3 is 2.41 bits per heavy atom. The zero-order valence-electron chi connectivity index (χ0n) is 17.0. The van der Waals surface area contributed by atoms with E-state index >= 15 is 0 Å². The second kappa shape index (κ2) is 7.89. The number of nitrogens with one attached hydrogen (secondary N) is 1. The Morgan fingerprint density at radius 2 is 1.74 bits per heavy atom. The molecular weight excluding hydrogens is 340 g/mol. The minimum Gasteiger partial charge on any atom is -0.359 e. The number of benzene rings is 1. The van der Waals surface area contributed by atoms with Gasteiger partial charge in [0.25, 0.3) is 0 Å². The molecule has 1 atom stereocenters. The molecular formula is C21H32N4O2. The van der Waals surface area contributed by atoms with Crippen molar-refractivity contribution in [3.8, 4) is 0 Å². The SMILES string of the molecule is CC1Cc2ccccc2N1CC(=O)N1CCN(CC(=O)NC(C)(C)C)CC1. The van der Waals surface area contributed by atoms with Crippen LogP contribution in [0, 0.1) is 0 Å². The van der Waals surface area contributed by atoms with Crippen LogP contribution in [-0.4, -0.2) is 72.5 Å². The number of fused-ring (bicyclic) bond motifs is 1. The van der Waals surface area contributed by atoms with Crippen molar-refractivity contribution in [2.75, 3.05) is 44.2 Å². The molecule has 1 fully saturated rings. The molecule has 2 aliphatic rings. The number of carbonyl (C=O) groups excluding carboxylic acids is 2. The highest BCUT2D eigenvalue weighted by Gasteiger charge is 2.30. The van der Waals surface area contributed by atoms with Gasteiger partial charge in [-0.25, -0.2) is 0 Å². The van der Waals surface area contributed by atoms with Crippen molar-refractivity contribution in [3.63, 3.8) is 0 Å². The van der Waals surface area contributed by atoms with E-state index in [4.69, 9.17) is 0 Å². The standard InChI is InChI=1S/C21H32N4O2/c1-16-13-17-7-5-6-8-18(17)25(16)15-20(27)24-11-9-23(10-12-24)14-19(26)22-21(2,3)4/h5-8,16H,9-15H2,1-4H3,(H,22,26). The molecule has 1 saturated heterocycles. The number of nitrogens with zero attached hydrogens (tertiary/aromatic N) is 3. The summed E-state index contributed by atoms with van der Waals surface area (Å²) in [6.45, 7) is 11.8. The molecule has 2 amide bonds. The third-order valence-electron chi connectivity index (χ3n) is 5.26. The smallest absolute Gasteiger partial charge is 0.242 e. The van der Waals surface area contributed by atoms with Crippen molar-refractivity contribution in [3.05, 3.63) is 29.8 Å². The van der Waals surface area contributed by atoms with Crippen molar-refractivity contribution in [1.82, 2.24) is 15.1 Å². The van der Waals surface area contributed by atoms with Crippen molar-refractivity contribution < 1.29 is 9.59 Å². The highest BCUT2D eigenvalue weighted by Crippen LogP contribution is 2.31. The summed E-state index contributed by atoms with van der Waals surface area (Å²) in [5.74, 6) is 0.224. The molecule has 1 N–H and O–H groups in total. The lowest BCUT2D eigenvalue weighted by atomic mass is 10.1. The number of hydrogen-bond acceptors (Lipinski definition) is 4. The molecule has 0 spiro atoms. The molecule has 0 aromatic heterocycles. The molecule has 0 saturated carbocycles. The normalized spacial score (nSPS) is 20.5. The summed E-state index contributed by atoms with van der Waals surface area (Å²) >= 11 is 0. The van der Waals surface area contributed by atoms with Crippen LogP contribution in [-0.2, 0) is 16.0 Å². The van der Waals surface area contributed by atoms with Crippen LogP contribution in [0.3, 0.4) is 0 Å². The topological polar surface area (TPSA) is 55.9 Å². The Labute approximate surface area is 162 Å². The number of hydrogen-bond donors (Lipinski definition) is 1. The first-order chi connectivity index (χ1) is 12.7. The maximum absolute atomic E-state index is 12.8. The molecule has 1 aromatic carbocycles. The summed E-state index contributed by atoms with van der Waals surface area (Å²) < 4.78 is 0. The van der Waals surface area contributed by atoms with Crippen molar-refractivity contribution >= 4 is 17.5 Å². The van der Waals surface area contributed by atoms with E-state index in [1.807, 2.05) is 31.7 Å². The van der Waals surface area contributed by atoms with Gasteiger partial charge in [-0.15, -0.1) is 0 Å². The quantitative estimate of drug-likeness (QED) is 0.870. The lowest BCUT2D eigenvalue weighted by molar-refractivity contribution is -0.132. The van der Waals surface area contributed by atoms with Crippen LogP contribution in [0.1, 0.15) is 33.3 Å². The summed E-state index contributed by atoms with van der Waals surface area (Å²) in [6.07, 6.45) is 1.00. The number of para-hydroxylation sites is 1. The van der Waals surface area contributed by atoms with Gasteiger partial charge >= 0.3 is 0 Å². The first-order valence-electron chi connectivity index (χ1n) is 9.88. The Balaban J connectivity index is 1.49. The molecule has 3 rings (SSSR count). The van der Waals surface area contributed by atoms with Crippen molar-refractivity contribution in [2.24, 2.45) is 0 Å². The van der Waals surface area contributed by atoms with E-state index in [1.165, 1.54) is 11.3 Å². The van der Waals surface area contributed by atoms with Gasteiger partial charge in [0.05, 0.1) is 13.1 Å². The lowest BCUT2D eigenvalue weighted by Crippen LogP contribution is -2.54. The minimum atomic E-state index is -0.211. The molecule has 148 valence electrons. The Kier molecular flexibility index (Phi) is 5.75. The fourth-order valence-corrected chi connectivity index (χ4v) is 3.93. The van der Waals surface area contributed by atoms with Crippen molar-refractivity contribution in [2.45, 2.75) is 45.7 Å². The molecule has 1 aromatic rings. The number of carbonyl (C=O) groups is 2. The first kappa shape index (κ1) is 19.7. The summed E-state index contributed by atoms with van der Waals surface area (Å²) in [5.41, 5.74) is 2.31. The van der Waals surface area contributed by atoms with Crippen LogP contribution >= 0.6 is 0 Å². The highest BCUT2D eigenvalue weighted by molar-refractivity contribution is 5.83. The minimum absolute atomic E-state index is 0.0461. The van der Waals surface area contributed by atoms with Crippen LogP contribution in [0.4, 0.5) is 5.69 Å². The largest absolute Gasteiger partial charge is 0.359 e. The van der Waals surface area contributed by atoms with Crippen LogP contribution in [0.5, 0.6) is 0 Å². The average molecular weight is 373 g/mol. The first-order valence-corrected chi connectivity index (χ1v) is 9.88. The third kappa shape index (κ3) is 5.01. The van der Waals surface area contributed by atoms with Gasteiger partial charge in [-0.3, -0.25) is 14.5 Å². The van der Waals surface area contributed by atoms with Crippen LogP contribution in [0.25, 0.3) is 0 Å². The summed E-state index contributed by atoms with van der Waals surface area (Å²) in [4.78, 5) is 31.2. The molecule has 6 nitrogen and oxygen atoms in total. The maximum atomic E-state index is 12.8. The number of piperazine rings is 1. The van der Waals surface area contributed by atoms with Crippen molar-refractivity contribution in [1.29, 1.82) is 0 Å². The van der Waals surface area contributed by atoms with Crippen LogP contribution in [0.15, 0.2) is 24.3 Å². The average Bonchev–Trinajstić information content (AvgIpc) is 2.89. The number of amides is 2. The summed E-state index contributed by atoms with van der Waals surface area (Å²) in [6, 6.07) is 8.71. The van der Waals surface area contributed by atoms with E-state index in [0.29, 0.717) is 32.2 Å². The monoisotopic (exact) mass is 372 g/mol. The molecule has 27 heavy (non-hydrogen) atoms. The Bertz CT molecular complexity index is 690. The van der Waals surface area contributed by atoms with Gasteiger partial charge in [-0.1, -0.05) is 18.2 Å². The van der Waals surface area contributed by atoms with Gasteiger partial charge in [0.1, 0.15) is 0 Å². The molecule has 2 aliphatic heterocycles. The predicted molar refractivity (Wildman–Crippen MR) is 108 cm³/mol. The lowest BCUT2D eigenvalue weighted by Gasteiger charge is -2.36. The van der Waals surface area contributed by atoms with Gasteiger partial charge in [-0.05, 0) is 45.7 Å². The van der Waals surface area contributed by atoms with Crippen LogP contribution in [0.2, 0.25) is 0 Å². The van der Waals surface area contributed by atoms with E-state index < -0.39 is 0 Å². The van der Waals surface area contributed by atoms with Gasteiger partial charge in [0.15, 0.2) is 0 Å². The zero-order chi connectivity index (χ0) is 19.6. The van der Waals surface area contributed by atoms with E-state index in [1.54, 1.807) is 0 Å². The van der Waals surface area contributed by atoms with E-state index in [0.717, 1.165) is 19.5 Å². The summed E-state index contributed by atoms with van der Waals surface area (Å²) in [5, 5.41) is 3.00. The number of rotatable bonds is 4. The summed E-state index contributed by atoms with van der Waals surface area (Å²) in [7, 11) is 0. The van der Waals surface area contributed by atoms with Crippen LogP contribution < -0.4 is 10.2 Å². The molecule has 6 heteroatoms. The highest BCUT2D eigenvalue weighted by atomic mass is 16.2. The second-order valence-electron chi connectivity index (χ2n) is 8.76. The van der Waals surface area contributed by atoms with Gasteiger partial charge < -0.3 is 15.1 Å². The molecule has 0 radical (unpaired) electrons. The third-order valence-corrected chi connectivity index (χ3v) is 5.26.